The van der Waals surface area contributed by atoms with E-state index in [0.29, 0.717) is 16.9 Å². The molecule has 0 unspecified atom stereocenters. The van der Waals surface area contributed by atoms with Gasteiger partial charge in [0.1, 0.15) is 0 Å². The Kier molecular flexibility index (Phi) is 3.99. The first-order valence-electron chi connectivity index (χ1n) is 9.76. The summed E-state index contributed by atoms with van der Waals surface area (Å²) in [6.07, 6.45) is 1.89. The van der Waals surface area contributed by atoms with Crippen LogP contribution in [-0.2, 0) is 13.6 Å². The van der Waals surface area contributed by atoms with Crippen molar-refractivity contribution in [1.29, 1.82) is 0 Å². The Labute approximate surface area is 172 Å². The molecule has 150 valence electrons. The zero-order valence-corrected chi connectivity index (χ0v) is 17.0. The second-order valence-electron chi connectivity index (χ2n) is 7.61. The van der Waals surface area contributed by atoms with E-state index in [1.165, 1.54) is 9.13 Å². The third kappa shape index (κ3) is 2.62. The Morgan fingerprint density at radius 3 is 2.33 bits per heavy atom. The molecule has 30 heavy (non-hydrogen) atoms. The summed E-state index contributed by atoms with van der Waals surface area (Å²) in [6, 6.07) is 17.7. The molecule has 0 aliphatic rings. The lowest BCUT2D eigenvalue weighted by Crippen LogP contribution is -2.39. The molecule has 0 bridgehead atoms. The van der Waals surface area contributed by atoms with Gasteiger partial charge in [0.2, 0.25) is 5.78 Å². The maximum absolute atomic E-state index is 13.4. The van der Waals surface area contributed by atoms with E-state index in [0.717, 1.165) is 22.5 Å². The number of aromatic nitrogens is 5. The summed E-state index contributed by atoms with van der Waals surface area (Å²) in [4.78, 5) is 31.0. The van der Waals surface area contributed by atoms with Crippen LogP contribution in [0.2, 0.25) is 0 Å². The number of para-hydroxylation sites is 1. The highest BCUT2D eigenvalue weighted by atomic mass is 16.2. The van der Waals surface area contributed by atoms with Gasteiger partial charge in [-0.25, -0.2) is 4.79 Å². The van der Waals surface area contributed by atoms with Crippen molar-refractivity contribution < 1.29 is 0 Å². The second-order valence-corrected chi connectivity index (χ2v) is 7.61. The molecule has 0 spiro atoms. The van der Waals surface area contributed by atoms with Crippen LogP contribution in [-0.4, -0.2) is 23.1 Å². The summed E-state index contributed by atoms with van der Waals surface area (Å²) >= 11 is 0. The standard InChI is InChI=1S/C23H21N5O2/c1-15-9-11-17(12-10-15)14-27-21(29)19-20(25(3)23(27)30)24-22-26(19)13-16(2)28(22)18-7-5-4-6-8-18/h4-13H,14H2,1-3H3. The van der Waals surface area contributed by atoms with E-state index < -0.39 is 0 Å². The third-order valence-electron chi connectivity index (χ3n) is 5.50. The lowest BCUT2D eigenvalue weighted by atomic mass is 10.1. The molecule has 0 saturated carbocycles. The van der Waals surface area contributed by atoms with Crippen molar-refractivity contribution in [1.82, 2.24) is 23.1 Å². The van der Waals surface area contributed by atoms with Gasteiger partial charge in [0.15, 0.2) is 11.2 Å². The minimum absolute atomic E-state index is 0.216. The van der Waals surface area contributed by atoms with Crippen molar-refractivity contribution in [3.8, 4) is 5.69 Å². The van der Waals surface area contributed by atoms with Gasteiger partial charge in [-0.3, -0.25) is 22.9 Å². The highest BCUT2D eigenvalue weighted by molar-refractivity contribution is 5.76. The fourth-order valence-corrected chi connectivity index (χ4v) is 3.92. The molecular formula is C23H21N5O2. The van der Waals surface area contributed by atoms with Crippen LogP contribution in [0.5, 0.6) is 0 Å². The molecule has 0 amide bonds. The highest BCUT2D eigenvalue weighted by Gasteiger charge is 2.20. The molecule has 0 fully saturated rings. The monoisotopic (exact) mass is 399 g/mol. The van der Waals surface area contributed by atoms with Crippen LogP contribution in [0.1, 0.15) is 16.8 Å². The van der Waals surface area contributed by atoms with Crippen molar-refractivity contribution in [3.05, 3.63) is 98.5 Å². The van der Waals surface area contributed by atoms with Crippen molar-refractivity contribution in [2.45, 2.75) is 20.4 Å². The molecule has 0 aliphatic heterocycles. The van der Waals surface area contributed by atoms with Crippen LogP contribution >= 0.6 is 0 Å². The van der Waals surface area contributed by atoms with E-state index in [4.69, 9.17) is 0 Å². The predicted octanol–water partition coefficient (Wildman–Crippen LogP) is 2.80. The fourth-order valence-electron chi connectivity index (χ4n) is 3.92. The van der Waals surface area contributed by atoms with Crippen LogP contribution in [0.25, 0.3) is 22.6 Å². The number of hydrogen-bond acceptors (Lipinski definition) is 3. The summed E-state index contributed by atoms with van der Waals surface area (Å²) in [5.41, 5.74) is 3.99. The molecule has 0 saturated heterocycles. The molecule has 7 nitrogen and oxygen atoms in total. The zero-order valence-electron chi connectivity index (χ0n) is 17.0. The van der Waals surface area contributed by atoms with Gasteiger partial charge in [0, 0.05) is 24.6 Å². The average molecular weight is 399 g/mol. The van der Waals surface area contributed by atoms with Gasteiger partial charge < -0.3 is 0 Å². The maximum atomic E-state index is 13.4. The lowest BCUT2D eigenvalue weighted by Gasteiger charge is -2.08. The van der Waals surface area contributed by atoms with Gasteiger partial charge >= 0.3 is 5.69 Å². The van der Waals surface area contributed by atoms with E-state index in [1.54, 1.807) is 11.4 Å². The number of benzene rings is 2. The molecule has 2 aromatic carbocycles. The Hall–Kier alpha value is -3.87. The van der Waals surface area contributed by atoms with Crippen molar-refractivity contribution >= 4 is 16.9 Å². The van der Waals surface area contributed by atoms with Crippen LogP contribution in [0.4, 0.5) is 0 Å². The van der Waals surface area contributed by atoms with Crippen molar-refractivity contribution in [2.75, 3.05) is 0 Å². The molecule has 0 radical (unpaired) electrons. The summed E-state index contributed by atoms with van der Waals surface area (Å²) < 4.78 is 6.48. The molecule has 5 rings (SSSR count). The Morgan fingerprint density at radius 2 is 1.63 bits per heavy atom. The quantitative estimate of drug-likeness (QED) is 0.469. The summed E-state index contributed by atoms with van der Waals surface area (Å²) in [5.74, 6) is 0.605. The van der Waals surface area contributed by atoms with Crippen molar-refractivity contribution in [2.24, 2.45) is 7.05 Å². The average Bonchev–Trinajstić information content (AvgIpc) is 3.26. The SMILES string of the molecule is Cc1ccc(Cn2c(=O)c3c(nc4n(-c5ccccc5)c(C)cn34)n(C)c2=O)cc1. The van der Waals surface area contributed by atoms with Crippen LogP contribution < -0.4 is 11.2 Å². The molecule has 0 atom stereocenters. The zero-order chi connectivity index (χ0) is 21.0. The molecular weight excluding hydrogens is 378 g/mol. The lowest BCUT2D eigenvalue weighted by molar-refractivity contribution is 0.656. The Morgan fingerprint density at radius 1 is 0.933 bits per heavy atom. The summed E-state index contributed by atoms with van der Waals surface area (Å²) in [5, 5.41) is 0. The topological polar surface area (TPSA) is 66.2 Å². The number of hydrogen-bond donors (Lipinski definition) is 0. The van der Waals surface area contributed by atoms with E-state index in [9.17, 15) is 9.59 Å². The predicted molar refractivity (Wildman–Crippen MR) is 117 cm³/mol. The van der Waals surface area contributed by atoms with Gasteiger partial charge in [0.25, 0.3) is 5.56 Å². The molecule has 0 N–H and O–H groups in total. The summed E-state index contributed by atoms with van der Waals surface area (Å²) in [6.45, 7) is 4.19. The van der Waals surface area contributed by atoms with Crippen LogP contribution in [0.15, 0.2) is 70.4 Å². The largest absolute Gasteiger partial charge is 0.332 e. The molecule has 0 aliphatic carbocycles. The number of rotatable bonds is 3. The van der Waals surface area contributed by atoms with Crippen LogP contribution in [0, 0.1) is 13.8 Å². The maximum Gasteiger partial charge on any atom is 0.332 e. The number of imidazole rings is 2. The molecule has 5 aromatic rings. The number of nitrogens with zero attached hydrogens (tertiary/aromatic N) is 5. The van der Waals surface area contributed by atoms with Gasteiger partial charge in [0.05, 0.1) is 6.54 Å². The Balaban J connectivity index is 1.79. The highest BCUT2D eigenvalue weighted by Crippen LogP contribution is 2.20. The first kappa shape index (κ1) is 18.2. The van der Waals surface area contributed by atoms with E-state index >= 15 is 0 Å². The van der Waals surface area contributed by atoms with Crippen molar-refractivity contribution in [3.63, 3.8) is 0 Å². The minimum atomic E-state index is -0.378. The first-order valence-corrected chi connectivity index (χ1v) is 9.76. The van der Waals surface area contributed by atoms with Gasteiger partial charge in [-0.2, -0.15) is 4.98 Å². The number of fused-ring (bicyclic) bond motifs is 3. The molecule has 3 heterocycles. The second kappa shape index (κ2) is 6.59. The smallest absolute Gasteiger partial charge is 0.283 e. The number of aryl methyl sites for hydroxylation is 3. The van der Waals surface area contributed by atoms with Crippen LogP contribution in [0.3, 0.4) is 0 Å². The third-order valence-corrected chi connectivity index (χ3v) is 5.50. The van der Waals surface area contributed by atoms with E-state index in [2.05, 4.69) is 4.98 Å². The fraction of sp³-hybridized carbons (Fsp3) is 0.174. The summed E-state index contributed by atoms with van der Waals surface area (Å²) in [7, 11) is 1.65. The van der Waals surface area contributed by atoms with Gasteiger partial charge in [-0.15, -0.1) is 0 Å². The van der Waals surface area contributed by atoms with E-state index in [-0.39, 0.29) is 17.8 Å². The first-order chi connectivity index (χ1) is 14.5. The van der Waals surface area contributed by atoms with Gasteiger partial charge in [-0.1, -0.05) is 48.0 Å². The molecule has 3 aromatic heterocycles. The molecule has 7 heteroatoms. The normalized spacial score (nSPS) is 11.6. The Bertz CT molecular complexity index is 1520. The van der Waals surface area contributed by atoms with E-state index in [1.807, 2.05) is 79.2 Å². The van der Waals surface area contributed by atoms with Gasteiger partial charge in [-0.05, 0) is 31.5 Å². The minimum Gasteiger partial charge on any atom is -0.283 e.